The number of carbonyl (C=O) groups is 2. The van der Waals surface area contributed by atoms with Crippen molar-refractivity contribution in [3.63, 3.8) is 0 Å². The SMILES string of the molecule is CC1Oc2ccc(NC(=O)Nc3ccc(Cl)cc3)cc2N(Cc2cccc(Cl)c2)C1=O. The summed E-state index contributed by atoms with van der Waals surface area (Å²) >= 11 is 12.0. The minimum Gasteiger partial charge on any atom is -0.479 e. The molecule has 1 aliphatic heterocycles. The molecule has 3 amide bonds. The molecule has 1 unspecified atom stereocenters. The second kappa shape index (κ2) is 8.88. The first-order valence-corrected chi connectivity index (χ1v) is 10.3. The van der Waals surface area contributed by atoms with Crippen molar-refractivity contribution >= 4 is 52.2 Å². The van der Waals surface area contributed by atoms with E-state index in [-0.39, 0.29) is 5.91 Å². The molecule has 0 fully saturated rings. The molecular formula is C23H19Cl2N3O3. The first-order chi connectivity index (χ1) is 14.9. The fraction of sp³-hybridized carbons (Fsp3) is 0.130. The van der Waals surface area contributed by atoms with Gasteiger partial charge < -0.3 is 20.3 Å². The van der Waals surface area contributed by atoms with Crippen LogP contribution in [0.15, 0.2) is 66.7 Å². The third-order valence-corrected chi connectivity index (χ3v) is 5.24. The number of nitrogens with zero attached hydrogens (tertiary/aromatic N) is 1. The number of rotatable bonds is 4. The summed E-state index contributed by atoms with van der Waals surface area (Å²) in [7, 11) is 0. The molecule has 1 atom stereocenters. The van der Waals surface area contributed by atoms with Gasteiger partial charge in [-0.25, -0.2) is 4.79 Å². The van der Waals surface area contributed by atoms with E-state index in [9.17, 15) is 9.59 Å². The molecule has 6 nitrogen and oxygen atoms in total. The molecule has 1 aliphatic rings. The summed E-state index contributed by atoms with van der Waals surface area (Å²) in [4.78, 5) is 26.9. The second-order valence-corrected chi connectivity index (χ2v) is 7.96. The van der Waals surface area contributed by atoms with E-state index in [2.05, 4.69) is 10.6 Å². The lowest BCUT2D eigenvalue weighted by Gasteiger charge is -2.33. The standard InChI is InChI=1S/C23H19Cl2N3O3/c1-14-22(29)28(13-15-3-2-4-17(25)11-15)20-12-19(9-10-21(20)31-14)27-23(30)26-18-7-5-16(24)6-8-18/h2-12,14H,13H2,1H3,(H2,26,27,30). The summed E-state index contributed by atoms with van der Waals surface area (Å²) in [6, 6.07) is 18.9. The Kier molecular flexibility index (Phi) is 6.02. The van der Waals surface area contributed by atoms with Crippen LogP contribution in [-0.4, -0.2) is 18.0 Å². The average Bonchev–Trinajstić information content (AvgIpc) is 2.73. The quantitative estimate of drug-likeness (QED) is 0.510. The Balaban J connectivity index is 1.56. The van der Waals surface area contributed by atoms with Crippen LogP contribution in [0.4, 0.5) is 21.9 Å². The van der Waals surface area contributed by atoms with Gasteiger partial charge in [-0.2, -0.15) is 0 Å². The largest absolute Gasteiger partial charge is 0.479 e. The van der Waals surface area contributed by atoms with Crippen molar-refractivity contribution in [3.8, 4) is 5.75 Å². The molecule has 3 aromatic carbocycles. The molecule has 0 saturated carbocycles. The van der Waals surface area contributed by atoms with Crippen LogP contribution in [0.1, 0.15) is 12.5 Å². The summed E-state index contributed by atoms with van der Waals surface area (Å²) in [5.74, 6) is 0.396. The van der Waals surface area contributed by atoms with E-state index < -0.39 is 12.1 Å². The van der Waals surface area contributed by atoms with E-state index in [1.54, 1.807) is 60.4 Å². The number of halogens is 2. The summed E-state index contributed by atoms with van der Waals surface area (Å²) in [6.45, 7) is 2.04. The van der Waals surface area contributed by atoms with Gasteiger partial charge in [-0.05, 0) is 67.1 Å². The minimum atomic E-state index is -0.612. The number of amides is 3. The van der Waals surface area contributed by atoms with Crippen molar-refractivity contribution in [2.75, 3.05) is 15.5 Å². The molecule has 31 heavy (non-hydrogen) atoms. The van der Waals surface area contributed by atoms with E-state index in [4.69, 9.17) is 27.9 Å². The van der Waals surface area contributed by atoms with Gasteiger partial charge in [0.05, 0.1) is 12.2 Å². The maximum atomic E-state index is 12.8. The minimum absolute atomic E-state index is 0.171. The van der Waals surface area contributed by atoms with Crippen molar-refractivity contribution in [1.82, 2.24) is 0 Å². The normalized spacial score (nSPS) is 15.1. The fourth-order valence-electron chi connectivity index (χ4n) is 3.29. The third kappa shape index (κ3) is 4.93. The zero-order valence-electron chi connectivity index (χ0n) is 16.6. The zero-order chi connectivity index (χ0) is 22.0. The van der Waals surface area contributed by atoms with Crippen molar-refractivity contribution < 1.29 is 14.3 Å². The highest BCUT2D eigenvalue weighted by Crippen LogP contribution is 2.37. The van der Waals surface area contributed by atoms with E-state index in [1.165, 1.54) is 0 Å². The van der Waals surface area contributed by atoms with Gasteiger partial charge in [0.1, 0.15) is 5.75 Å². The Morgan fingerprint density at radius 1 is 0.968 bits per heavy atom. The van der Waals surface area contributed by atoms with Gasteiger partial charge in [0.25, 0.3) is 5.91 Å². The Morgan fingerprint density at radius 2 is 1.68 bits per heavy atom. The van der Waals surface area contributed by atoms with E-state index in [0.29, 0.717) is 39.4 Å². The van der Waals surface area contributed by atoms with Gasteiger partial charge in [-0.15, -0.1) is 0 Å². The number of benzene rings is 3. The lowest BCUT2D eigenvalue weighted by atomic mass is 10.1. The first-order valence-electron chi connectivity index (χ1n) is 9.59. The second-order valence-electron chi connectivity index (χ2n) is 7.08. The smallest absolute Gasteiger partial charge is 0.323 e. The van der Waals surface area contributed by atoms with Crippen molar-refractivity contribution in [2.45, 2.75) is 19.6 Å². The predicted octanol–water partition coefficient (Wildman–Crippen LogP) is 5.95. The van der Waals surface area contributed by atoms with Crippen LogP contribution in [0.2, 0.25) is 10.0 Å². The van der Waals surface area contributed by atoms with E-state index in [0.717, 1.165) is 5.56 Å². The number of ether oxygens (including phenoxy) is 1. The van der Waals surface area contributed by atoms with Crippen LogP contribution in [0.3, 0.4) is 0 Å². The van der Waals surface area contributed by atoms with Crippen LogP contribution in [0, 0.1) is 0 Å². The van der Waals surface area contributed by atoms with Gasteiger partial charge in [0.2, 0.25) is 0 Å². The molecule has 8 heteroatoms. The Labute approximate surface area is 189 Å². The van der Waals surface area contributed by atoms with Gasteiger partial charge in [-0.1, -0.05) is 35.3 Å². The summed E-state index contributed by atoms with van der Waals surface area (Å²) in [5.41, 5.74) is 2.59. The highest BCUT2D eigenvalue weighted by molar-refractivity contribution is 6.31. The highest BCUT2D eigenvalue weighted by atomic mass is 35.5. The molecular weight excluding hydrogens is 437 g/mol. The first kappa shape index (κ1) is 21.0. The molecule has 0 saturated heterocycles. The maximum Gasteiger partial charge on any atom is 0.323 e. The fourth-order valence-corrected chi connectivity index (χ4v) is 3.63. The Hall–Kier alpha value is -3.22. The van der Waals surface area contributed by atoms with Gasteiger partial charge >= 0.3 is 6.03 Å². The average molecular weight is 456 g/mol. The van der Waals surface area contributed by atoms with Gasteiger partial charge in [0, 0.05) is 21.4 Å². The van der Waals surface area contributed by atoms with Crippen molar-refractivity contribution in [2.24, 2.45) is 0 Å². The van der Waals surface area contributed by atoms with Gasteiger partial charge in [-0.3, -0.25) is 4.79 Å². The van der Waals surface area contributed by atoms with Gasteiger partial charge in [0.15, 0.2) is 6.10 Å². The van der Waals surface area contributed by atoms with E-state index >= 15 is 0 Å². The Bertz CT molecular complexity index is 1140. The predicted molar refractivity (Wildman–Crippen MR) is 123 cm³/mol. The van der Waals surface area contributed by atoms with Crippen LogP contribution in [0.5, 0.6) is 5.75 Å². The topological polar surface area (TPSA) is 70.7 Å². The molecule has 0 radical (unpaired) electrons. The summed E-state index contributed by atoms with van der Waals surface area (Å²) < 4.78 is 5.74. The van der Waals surface area contributed by atoms with E-state index in [1.807, 2.05) is 18.2 Å². The molecule has 3 aromatic rings. The Morgan fingerprint density at radius 3 is 2.42 bits per heavy atom. The molecule has 0 aromatic heterocycles. The van der Waals surface area contributed by atoms with Crippen molar-refractivity contribution in [3.05, 3.63) is 82.3 Å². The number of fused-ring (bicyclic) bond motifs is 1. The summed E-state index contributed by atoms with van der Waals surface area (Å²) in [6.07, 6.45) is -0.612. The monoisotopic (exact) mass is 455 g/mol. The number of carbonyl (C=O) groups excluding carboxylic acids is 2. The summed E-state index contributed by atoms with van der Waals surface area (Å²) in [5, 5.41) is 6.69. The number of nitrogens with one attached hydrogen (secondary N) is 2. The number of anilines is 3. The number of hydrogen-bond donors (Lipinski definition) is 2. The highest BCUT2D eigenvalue weighted by Gasteiger charge is 2.32. The van der Waals surface area contributed by atoms with Crippen LogP contribution >= 0.6 is 23.2 Å². The number of urea groups is 1. The molecule has 158 valence electrons. The molecule has 2 N–H and O–H groups in total. The van der Waals surface area contributed by atoms with Crippen molar-refractivity contribution in [1.29, 1.82) is 0 Å². The lowest BCUT2D eigenvalue weighted by Crippen LogP contribution is -2.44. The van der Waals surface area contributed by atoms with Crippen LogP contribution in [0.25, 0.3) is 0 Å². The zero-order valence-corrected chi connectivity index (χ0v) is 18.1. The molecule has 1 heterocycles. The molecule has 0 bridgehead atoms. The lowest BCUT2D eigenvalue weighted by molar-refractivity contribution is -0.125. The van der Waals surface area contributed by atoms with Crippen LogP contribution in [-0.2, 0) is 11.3 Å². The molecule has 4 rings (SSSR count). The maximum absolute atomic E-state index is 12.8. The molecule has 0 aliphatic carbocycles. The number of hydrogen-bond acceptors (Lipinski definition) is 3. The molecule has 0 spiro atoms. The van der Waals surface area contributed by atoms with Crippen LogP contribution < -0.4 is 20.3 Å². The third-order valence-electron chi connectivity index (χ3n) is 4.76.